The van der Waals surface area contributed by atoms with E-state index in [9.17, 15) is 0 Å². The molecule has 0 unspecified atom stereocenters. The fourth-order valence-electron chi connectivity index (χ4n) is 0.821. The van der Waals surface area contributed by atoms with Gasteiger partial charge in [-0.25, -0.2) is 9.97 Å². The van der Waals surface area contributed by atoms with Gasteiger partial charge in [0.15, 0.2) is 0 Å². The fraction of sp³-hybridized carbons (Fsp3) is 0. The highest BCUT2D eigenvalue weighted by Crippen LogP contribution is 2.31. The highest BCUT2D eigenvalue weighted by atomic mass is 79.9. The molecule has 0 amide bonds. The van der Waals surface area contributed by atoms with E-state index in [4.69, 9.17) is 16.0 Å². The molecule has 0 aliphatic rings. The molecule has 0 saturated heterocycles. The van der Waals surface area contributed by atoms with Crippen molar-refractivity contribution in [1.29, 1.82) is 0 Å². The Morgan fingerprint density at radius 3 is 2.93 bits per heavy atom. The zero-order chi connectivity index (χ0) is 9.97. The van der Waals surface area contributed by atoms with Gasteiger partial charge >= 0.3 is 0 Å². The fourth-order valence-corrected chi connectivity index (χ4v) is 2.35. The maximum atomic E-state index is 5.76. The predicted molar refractivity (Wildman–Crippen MR) is 57.6 cm³/mol. The van der Waals surface area contributed by atoms with E-state index in [1.54, 1.807) is 18.5 Å². The third-order valence-corrected chi connectivity index (χ3v) is 3.34. The van der Waals surface area contributed by atoms with Gasteiger partial charge in [0.25, 0.3) is 5.22 Å². The topological polar surface area (TPSA) is 38.9 Å². The minimum atomic E-state index is 0.556. The van der Waals surface area contributed by atoms with Gasteiger partial charge in [-0.15, -0.1) is 0 Å². The SMILES string of the molecule is Clc1cnc(Sc2ncco2)c(Br)c1. The van der Waals surface area contributed by atoms with Crippen LogP contribution in [-0.4, -0.2) is 9.97 Å². The Balaban J connectivity index is 2.25. The Kier molecular flexibility index (Phi) is 3.10. The second kappa shape index (κ2) is 4.33. The van der Waals surface area contributed by atoms with E-state index in [0.29, 0.717) is 10.2 Å². The molecular weight excluding hydrogens is 288 g/mol. The van der Waals surface area contributed by atoms with Crippen LogP contribution in [0, 0.1) is 0 Å². The van der Waals surface area contributed by atoms with E-state index >= 15 is 0 Å². The largest absolute Gasteiger partial charge is 0.440 e. The average molecular weight is 292 g/mol. The summed E-state index contributed by atoms with van der Waals surface area (Å²) in [6.07, 6.45) is 4.69. The summed E-state index contributed by atoms with van der Waals surface area (Å²) in [6, 6.07) is 1.78. The summed E-state index contributed by atoms with van der Waals surface area (Å²) in [6.45, 7) is 0. The van der Waals surface area contributed by atoms with E-state index < -0.39 is 0 Å². The molecule has 14 heavy (non-hydrogen) atoms. The molecule has 0 bridgehead atoms. The highest BCUT2D eigenvalue weighted by molar-refractivity contribution is 9.10. The number of oxazole rings is 1. The lowest BCUT2D eigenvalue weighted by Gasteiger charge is -1.99. The second-order valence-electron chi connectivity index (χ2n) is 2.34. The van der Waals surface area contributed by atoms with Crippen LogP contribution in [0.25, 0.3) is 0 Å². The van der Waals surface area contributed by atoms with E-state index in [1.807, 2.05) is 0 Å². The van der Waals surface area contributed by atoms with Crippen LogP contribution in [-0.2, 0) is 0 Å². The number of hydrogen-bond donors (Lipinski definition) is 0. The molecule has 0 saturated carbocycles. The Hall–Kier alpha value is -0.520. The van der Waals surface area contributed by atoms with Crippen LogP contribution >= 0.6 is 39.3 Å². The molecular formula is C8H4BrClN2OS. The van der Waals surface area contributed by atoms with Gasteiger partial charge in [-0.2, -0.15) is 0 Å². The summed E-state index contributed by atoms with van der Waals surface area (Å²) in [5, 5.41) is 1.92. The molecule has 0 aliphatic carbocycles. The normalized spacial score (nSPS) is 10.4. The molecule has 0 N–H and O–H groups in total. The summed E-state index contributed by atoms with van der Waals surface area (Å²) in [5.41, 5.74) is 0. The van der Waals surface area contributed by atoms with Gasteiger partial charge in [0.2, 0.25) is 0 Å². The Morgan fingerprint density at radius 2 is 2.29 bits per heavy atom. The molecule has 2 heterocycles. The van der Waals surface area contributed by atoms with Crippen molar-refractivity contribution < 1.29 is 4.42 Å². The molecule has 3 nitrogen and oxygen atoms in total. The number of hydrogen-bond acceptors (Lipinski definition) is 4. The second-order valence-corrected chi connectivity index (χ2v) is 4.57. The quantitative estimate of drug-likeness (QED) is 0.847. The Morgan fingerprint density at radius 1 is 1.43 bits per heavy atom. The predicted octanol–water partition coefficient (Wildman–Crippen LogP) is 3.64. The van der Waals surface area contributed by atoms with Crippen LogP contribution in [0.4, 0.5) is 0 Å². The van der Waals surface area contributed by atoms with Crippen molar-refractivity contribution in [1.82, 2.24) is 9.97 Å². The van der Waals surface area contributed by atoms with Gasteiger partial charge < -0.3 is 4.42 Å². The molecule has 0 spiro atoms. The number of aromatic nitrogens is 2. The lowest BCUT2D eigenvalue weighted by molar-refractivity contribution is 0.454. The minimum Gasteiger partial charge on any atom is -0.440 e. The molecule has 2 aromatic heterocycles. The van der Waals surface area contributed by atoms with Crippen molar-refractivity contribution in [3.05, 3.63) is 34.2 Å². The first-order valence-electron chi connectivity index (χ1n) is 3.64. The number of rotatable bonds is 2. The van der Waals surface area contributed by atoms with Crippen LogP contribution in [0.15, 0.2) is 43.9 Å². The molecule has 2 rings (SSSR count). The van der Waals surface area contributed by atoms with Crippen molar-refractivity contribution >= 4 is 39.3 Å². The molecule has 72 valence electrons. The van der Waals surface area contributed by atoms with Crippen LogP contribution in [0.1, 0.15) is 0 Å². The van der Waals surface area contributed by atoms with Gasteiger partial charge in [-0.05, 0) is 33.8 Å². The van der Waals surface area contributed by atoms with Crippen molar-refractivity contribution in [2.24, 2.45) is 0 Å². The molecule has 6 heteroatoms. The van der Waals surface area contributed by atoms with E-state index in [-0.39, 0.29) is 0 Å². The van der Waals surface area contributed by atoms with Crippen LogP contribution in [0.2, 0.25) is 5.02 Å². The third kappa shape index (κ3) is 2.29. The monoisotopic (exact) mass is 290 g/mol. The first-order chi connectivity index (χ1) is 6.75. The van der Waals surface area contributed by atoms with Crippen molar-refractivity contribution in [3.8, 4) is 0 Å². The molecule has 0 fully saturated rings. The number of halogens is 2. The summed E-state index contributed by atoms with van der Waals surface area (Å²) in [5.74, 6) is 0. The first kappa shape index (κ1) is 10.0. The summed E-state index contributed by atoms with van der Waals surface area (Å²) in [7, 11) is 0. The van der Waals surface area contributed by atoms with Gasteiger partial charge in [0, 0.05) is 6.20 Å². The number of nitrogens with zero attached hydrogens (tertiary/aromatic N) is 2. The average Bonchev–Trinajstić information content (AvgIpc) is 2.62. The van der Waals surface area contributed by atoms with Gasteiger partial charge in [0.05, 0.1) is 15.7 Å². The summed E-state index contributed by atoms with van der Waals surface area (Å²) >= 11 is 10.4. The van der Waals surface area contributed by atoms with Crippen LogP contribution < -0.4 is 0 Å². The molecule has 0 atom stereocenters. The van der Waals surface area contributed by atoms with Crippen molar-refractivity contribution in [2.75, 3.05) is 0 Å². The van der Waals surface area contributed by atoms with Crippen molar-refractivity contribution in [2.45, 2.75) is 10.2 Å². The van der Waals surface area contributed by atoms with E-state index in [1.165, 1.54) is 18.0 Å². The summed E-state index contributed by atoms with van der Waals surface area (Å²) < 4.78 is 5.91. The zero-order valence-corrected chi connectivity index (χ0v) is 9.93. The van der Waals surface area contributed by atoms with Gasteiger partial charge in [0.1, 0.15) is 11.3 Å². The molecule has 0 radical (unpaired) electrons. The van der Waals surface area contributed by atoms with Gasteiger partial charge in [-0.3, -0.25) is 0 Å². The maximum absolute atomic E-state index is 5.76. The lowest BCUT2D eigenvalue weighted by atomic mass is 10.5. The Labute approximate surface area is 98.0 Å². The highest BCUT2D eigenvalue weighted by Gasteiger charge is 2.07. The zero-order valence-electron chi connectivity index (χ0n) is 6.78. The maximum Gasteiger partial charge on any atom is 0.261 e. The van der Waals surface area contributed by atoms with E-state index in [2.05, 4.69) is 25.9 Å². The minimum absolute atomic E-state index is 0.556. The molecule has 0 aromatic carbocycles. The van der Waals surface area contributed by atoms with Crippen LogP contribution in [0.3, 0.4) is 0 Å². The lowest BCUT2D eigenvalue weighted by Crippen LogP contribution is -1.81. The van der Waals surface area contributed by atoms with Gasteiger partial charge in [-0.1, -0.05) is 11.6 Å². The van der Waals surface area contributed by atoms with Crippen molar-refractivity contribution in [3.63, 3.8) is 0 Å². The van der Waals surface area contributed by atoms with E-state index in [0.717, 1.165) is 9.50 Å². The molecule has 2 aromatic rings. The van der Waals surface area contributed by atoms with Crippen LogP contribution in [0.5, 0.6) is 0 Å². The number of pyridine rings is 1. The molecule has 0 aliphatic heterocycles. The first-order valence-corrected chi connectivity index (χ1v) is 5.63. The third-order valence-electron chi connectivity index (χ3n) is 1.37. The smallest absolute Gasteiger partial charge is 0.261 e. The standard InChI is InChI=1S/C8H4BrClN2OS/c9-6-3-5(10)4-12-7(6)14-8-11-1-2-13-8/h1-4H. The Bertz CT molecular complexity index is 435. The summed E-state index contributed by atoms with van der Waals surface area (Å²) in [4.78, 5) is 8.11.